The van der Waals surface area contributed by atoms with Crippen LogP contribution in [0.5, 0.6) is 0 Å². The third kappa shape index (κ3) is 4.97. The van der Waals surface area contributed by atoms with Crippen LogP contribution in [0.1, 0.15) is 31.6 Å². The highest BCUT2D eigenvalue weighted by Gasteiger charge is 2.30. The van der Waals surface area contributed by atoms with Crippen molar-refractivity contribution in [1.29, 1.82) is 0 Å². The molecule has 0 saturated carbocycles. The van der Waals surface area contributed by atoms with Crippen molar-refractivity contribution in [3.8, 4) is 11.6 Å². The van der Waals surface area contributed by atoms with E-state index >= 15 is 0 Å². The summed E-state index contributed by atoms with van der Waals surface area (Å²) >= 11 is 6.21. The number of pyridine rings is 1. The van der Waals surface area contributed by atoms with E-state index in [0.29, 0.717) is 35.1 Å². The zero-order valence-corrected chi connectivity index (χ0v) is 19.6. The number of rotatable bonds is 8. The van der Waals surface area contributed by atoms with Gasteiger partial charge in [0.2, 0.25) is 0 Å². The Labute approximate surface area is 191 Å². The van der Waals surface area contributed by atoms with Crippen LogP contribution >= 0.6 is 19.2 Å². The molecule has 4 rings (SSSR count). The molecule has 0 aliphatic carbocycles. The van der Waals surface area contributed by atoms with Crippen molar-refractivity contribution in [3.63, 3.8) is 0 Å². The molecule has 3 aromatic heterocycles. The standard InChI is InChI=1S/C23H25ClN3O4P/c1-15(2)14-27-20-12-17(24)6-7-19(20)26-23(27)22-21(32(28,29)30)13-18(31-22)5-3-4-16-8-10-25-11-9-16/h6-13,15H,3-5,14H2,1-2H3,(H2,28,29,30). The minimum Gasteiger partial charge on any atom is -0.457 e. The van der Waals surface area contributed by atoms with Gasteiger partial charge in [-0.1, -0.05) is 25.4 Å². The van der Waals surface area contributed by atoms with Crippen LogP contribution in [0.2, 0.25) is 5.02 Å². The highest BCUT2D eigenvalue weighted by Crippen LogP contribution is 2.40. The van der Waals surface area contributed by atoms with E-state index in [2.05, 4.69) is 23.8 Å². The zero-order chi connectivity index (χ0) is 22.9. The van der Waals surface area contributed by atoms with Gasteiger partial charge in [0.15, 0.2) is 11.6 Å². The number of benzene rings is 1. The first kappa shape index (κ1) is 22.7. The van der Waals surface area contributed by atoms with Gasteiger partial charge in [0.25, 0.3) is 0 Å². The molecular formula is C23H25ClN3O4P. The molecule has 0 atom stereocenters. The molecule has 0 bridgehead atoms. The first-order chi connectivity index (χ1) is 15.2. The topological polar surface area (TPSA) is 101 Å². The third-order valence-corrected chi connectivity index (χ3v) is 6.37. The van der Waals surface area contributed by atoms with Crippen LogP contribution < -0.4 is 5.30 Å². The lowest BCUT2D eigenvalue weighted by molar-refractivity contribution is 0.387. The Bertz CT molecular complexity index is 1280. The number of furan rings is 1. The summed E-state index contributed by atoms with van der Waals surface area (Å²) in [5.74, 6) is 1.31. The minimum atomic E-state index is -4.58. The Morgan fingerprint density at radius 2 is 1.88 bits per heavy atom. The molecular weight excluding hydrogens is 449 g/mol. The highest BCUT2D eigenvalue weighted by atomic mass is 35.5. The number of halogens is 1. The minimum absolute atomic E-state index is 0.116. The fourth-order valence-corrected chi connectivity index (χ4v) is 4.65. The Morgan fingerprint density at radius 3 is 2.56 bits per heavy atom. The molecule has 0 aliphatic rings. The van der Waals surface area contributed by atoms with Gasteiger partial charge in [-0.15, -0.1) is 0 Å². The molecule has 0 saturated heterocycles. The van der Waals surface area contributed by atoms with E-state index in [4.69, 9.17) is 16.0 Å². The zero-order valence-electron chi connectivity index (χ0n) is 17.9. The van der Waals surface area contributed by atoms with Gasteiger partial charge in [0.05, 0.1) is 11.0 Å². The number of imidazole rings is 1. The van der Waals surface area contributed by atoms with Gasteiger partial charge in [0.1, 0.15) is 11.1 Å². The number of fused-ring (bicyclic) bond motifs is 1. The quantitative estimate of drug-likeness (QED) is 0.350. The van der Waals surface area contributed by atoms with Crippen molar-refractivity contribution in [2.24, 2.45) is 5.92 Å². The fourth-order valence-electron chi connectivity index (χ4n) is 3.77. The number of hydrogen-bond donors (Lipinski definition) is 2. The molecule has 4 aromatic rings. The normalized spacial score (nSPS) is 12.2. The molecule has 0 spiro atoms. The highest BCUT2D eigenvalue weighted by molar-refractivity contribution is 7.60. The van der Waals surface area contributed by atoms with Gasteiger partial charge in [-0.3, -0.25) is 9.55 Å². The van der Waals surface area contributed by atoms with Crippen LogP contribution in [0.15, 0.2) is 53.2 Å². The molecule has 0 aliphatic heterocycles. The van der Waals surface area contributed by atoms with Crippen molar-refractivity contribution in [3.05, 3.63) is 65.1 Å². The fraction of sp³-hybridized carbons (Fsp3) is 0.304. The summed E-state index contributed by atoms with van der Waals surface area (Å²) in [6.07, 6.45) is 5.63. The average molecular weight is 474 g/mol. The van der Waals surface area contributed by atoms with Gasteiger partial charge < -0.3 is 18.8 Å². The van der Waals surface area contributed by atoms with E-state index in [1.165, 1.54) is 6.07 Å². The lowest BCUT2D eigenvalue weighted by Crippen LogP contribution is -2.10. The maximum Gasteiger partial charge on any atom is 0.360 e. The number of hydrogen-bond acceptors (Lipinski definition) is 4. The summed E-state index contributed by atoms with van der Waals surface area (Å²) in [4.78, 5) is 28.7. The van der Waals surface area contributed by atoms with Crippen molar-refractivity contribution in [2.75, 3.05) is 0 Å². The Balaban J connectivity index is 1.74. The summed E-state index contributed by atoms with van der Waals surface area (Å²) in [7, 11) is -4.58. The molecule has 7 nitrogen and oxygen atoms in total. The van der Waals surface area contributed by atoms with Crippen LogP contribution in [0.25, 0.3) is 22.6 Å². The van der Waals surface area contributed by atoms with Gasteiger partial charge in [-0.05, 0) is 60.7 Å². The Hall–Kier alpha value is -2.44. The SMILES string of the molecule is CC(C)Cn1c(-c2oc(CCCc3ccncc3)cc2P(=O)(O)O)nc2ccc(Cl)cc21. The second-order valence-corrected chi connectivity index (χ2v) is 10.3. The molecule has 0 fully saturated rings. The van der Waals surface area contributed by atoms with Crippen LogP contribution in [0.3, 0.4) is 0 Å². The maximum atomic E-state index is 12.3. The summed E-state index contributed by atoms with van der Waals surface area (Å²) < 4.78 is 20.3. The first-order valence-corrected chi connectivity index (χ1v) is 12.5. The summed E-state index contributed by atoms with van der Waals surface area (Å²) in [6, 6.07) is 10.7. The number of aryl methyl sites for hydroxylation is 2. The predicted octanol–water partition coefficient (Wildman–Crippen LogP) is 4.98. The average Bonchev–Trinajstić information content (AvgIpc) is 3.30. The largest absolute Gasteiger partial charge is 0.457 e. The molecule has 0 amide bonds. The van der Waals surface area contributed by atoms with Gasteiger partial charge in [-0.2, -0.15) is 0 Å². The smallest absolute Gasteiger partial charge is 0.360 e. The van der Waals surface area contributed by atoms with Crippen LogP contribution in [-0.2, 0) is 24.0 Å². The van der Waals surface area contributed by atoms with Gasteiger partial charge in [0, 0.05) is 30.4 Å². The molecule has 168 valence electrons. The third-order valence-electron chi connectivity index (χ3n) is 5.18. The van der Waals surface area contributed by atoms with Gasteiger partial charge in [-0.25, -0.2) is 4.98 Å². The Morgan fingerprint density at radius 1 is 1.12 bits per heavy atom. The van der Waals surface area contributed by atoms with Crippen molar-refractivity contribution in [2.45, 2.75) is 39.7 Å². The first-order valence-electron chi connectivity index (χ1n) is 10.5. The molecule has 9 heteroatoms. The molecule has 0 radical (unpaired) electrons. The second kappa shape index (κ2) is 9.20. The van der Waals surface area contributed by atoms with Crippen molar-refractivity contribution in [1.82, 2.24) is 14.5 Å². The Kier molecular flexibility index (Phi) is 6.54. The van der Waals surface area contributed by atoms with E-state index in [1.807, 2.05) is 22.8 Å². The van der Waals surface area contributed by atoms with Crippen LogP contribution in [0.4, 0.5) is 0 Å². The molecule has 2 N–H and O–H groups in total. The van der Waals surface area contributed by atoms with E-state index in [9.17, 15) is 14.4 Å². The van der Waals surface area contributed by atoms with E-state index in [1.54, 1.807) is 24.5 Å². The van der Waals surface area contributed by atoms with Crippen molar-refractivity contribution < 1.29 is 18.8 Å². The lowest BCUT2D eigenvalue weighted by atomic mass is 10.1. The molecule has 3 heterocycles. The number of aromatic nitrogens is 3. The second-order valence-electron chi connectivity index (χ2n) is 8.25. The van der Waals surface area contributed by atoms with Crippen molar-refractivity contribution >= 4 is 35.5 Å². The summed E-state index contributed by atoms with van der Waals surface area (Å²) in [5, 5.41) is 0.434. The van der Waals surface area contributed by atoms with E-state index in [-0.39, 0.29) is 17.0 Å². The molecule has 1 aromatic carbocycles. The maximum absolute atomic E-state index is 12.3. The monoisotopic (exact) mass is 473 g/mol. The molecule has 32 heavy (non-hydrogen) atoms. The van der Waals surface area contributed by atoms with E-state index < -0.39 is 7.60 Å². The lowest BCUT2D eigenvalue weighted by Gasteiger charge is -2.12. The molecule has 0 unspecified atom stereocenters. The summed E-state index contributed by atoms with van der Waals surface area (Å²) in [6.45, 7) is 4.73. The number of nitrogens with zero attached hydrogens (tertiary/aromatic N) is 3. The summed E-state index contributed by atoms with van der Waals surface area (Å²) in [5.41, 5.74) is 2.64. The van der Waals surface area contributed by atoms with Gasteiger partial charge >= 0.3 is 7.60 Å². The van der Waals surface area contributed by atoms with Crippen LogP contribution in [-0.4, -0.2) is 24.3 Å². The van der Waals surface area contributed by atoms with E-state index in [0.717, 1.165) is 23.9 Å². The predicted molar refractivity (Wildman–Crippen MR) is 125 cm³/mol. The van der Waals surface area contributed by atoms with Crippen LogP contribution in [0, 0.1) is 5.92 Å².